The Labute approximate surface area is 67.7 Å². The SMILES string of the molecule is CCOC(CCCF)OCC. The Hall–Kier alpha value is -0.150. The predicted molar refractivity (Wildman–Crippen MR) is 42.2 cm³/mol. The van der Waals surface area contributed by atoms with E-state index in [1.165, 1.54) is 0 Å². The summed E-state index contributed by atoms with van der Waals surface area (Å²) in [5, 5.41) is 0. The van der Waals surface area contributed by atoms with E-state index in [4.69, 9.17) is 9.47 Å². The molecule has 0 aliphatic rings. The highest BCUT2D eigenvalue weighted by molar-refractivity contribution is 4.44. The molecular formula is C8H17FO2. The summed E-state index contributed by atoms with van der Waals surface area (Å²) in [6.07, 6.45) is 0.962. The van der Waals surface area contributed by atoms with Gasteiger partial charge in [0.2, 0.25) is 0 Å². The molecule has 68 valence electrons. The van der Waals surface area contributed by atoms with Gasteiger partial charge < -0.3 is 9.47 Å². The highest BCUT2D eigenvalue weighted by Gasteiger charge is 2.05. The van der Waals surface area contributed by atoms with E-state index in [-0.39, 0.29) is 13.0 Å². The molecule has 0 aromatic rings. The quantitative estimate of drug-likeness (QED) is 0.537. The molecule has 0 saturated carbocycles. The van der Waals surface area contributed by atoms with E-state index >= 15 is 0 Å². The van der Waals surface area contributed by atoms with E-state index < -0.39 is 0 Å². The van der Waals surface area contributed by atoms with Crippen molar-refractivity contribution in [2.24, 2.45) is 0 Å². The molecule has 0 saturated heterocycles. The van der Waals surface area contributed by atoms with Gasteiger partial charge in [0, 0.05) is 19.6 Å². The summed E-state index contributed by atoms with van der Waals surface area (Å²) in [5.74, 6) is 0. The minimum absolute atomic E-state index is 0.208. The van der Waals surface area contributed by atoms with Crippen molar-refractivity contribution < 1.29 is 13.9 Å². The topological polar surface area (TPSA) is 18.5 Å². The molecule has 0 aromatic carbocycles. The van der Waals surface area contributed by atoms with Crippen molar-refractivity contribution in [2.45, 2.75) is 33.0 Å². The Balaban J connectivity index is 3.34. The molecule has 0 radical (unpaired) electrons. The maximum absolute atomic E-state index is 11.7. The molecule has 2 nitrogen and oxygen atoms in total. The lowest BCUT2D eigenvalue weighted by Gasteiger charge is -2.15. The molecule has 0 amide bonds. The first-order valence-corrected chi connectivity index (χ1v) is 4.14. The molecule has 0 fully saturated rings. The molecular weight excluding hydrogens is 147 g/mol. The summed E-state index contributed by atoms with van der Waals surface area (Å²) in [5.41, 5.74) is 0. The van der Waals surface area contributed by atoms with Crippen LogP contribution in [-0.4, -0.2) is 26.2 Å². The van der Waals surface area contributed by atoms with Crippen molar-refractivity contribution in [1.29, 1.82) is 0 Å². The van der Waals surface area contributed by atoms with Gasteiger partial charge in [-0.05, 0) is 20.3 Å². The highest BCUT2D eigenvalue weighted by Crippen LogP contribution is 2.04. The summed E-state index contributed by atoms with van der Waals surface area (Å²) < 4.78 is 22.1. The summed E-state index contributed by atoms with van der Waals surface area (Å²) in [7, 11) is 0. The van der Waals surface area contributed by atoms with Gasteiger partial charge >= 0.3 is 0 Å². The smallest absolute Gasteiger partial charge is 0.157 e. The lowest BCUT2D eigenvalue weighted by Crippen LogP contribution is -2.17. The molecule has 0 aromatic heterocycles. The van der Waals surface area contributed by atoms with E-state index in [0.29, 0.717) is 26.1 Å². The average Bonchev–Trinajstić information content (AvgIpc) is 2.01. The molecule has 0 aliphatic heterocycles. The fraction of sp³-hybridized carbons (Fsp3) is 1.00. The van der Waals surface area contributed by atoms with Gasteiger partial charge in [-0.1, -0.05) is 0 Å². The molecule has 11 heavy (non-hydrogen) atoms. The minimum Gasteiger partial charge on any atom is -0.353 e. The van der Waals surface area contributed by atoms with Gasteiger partial charge in [-0.15, -0.1) is 0 Å². The molecule has 0 spiro atoms. The third-order valence-corrected chi connectivity index (χ3v) is 1.28. The molecule has 3 heteroatoms. The minimum atomic E-state index is -0.295. The van der Waals surface area contributed by atoms with Crippen molar-refractivity contribution in [3.63, 3.8) is 0 Å². The lowest BCUT2D eigenvalue weighted by atomic mass is 10.3. The first-order valence-electron chi connectivity index (χ1n) is 4.14. The fourth-order valence-electron chi connectivity index (χ4n) is 0.830. The van der Waals surface area contributed by atoms with Crippen LogP contribution in [0.1, 0.15) is 26.7 Å². The number of ether oxygens (including phenoxy) is 2. The molecule has 0 unspecified atom stereocenters. The second-order valence-corrected chi connectivity index (χ2v) is 2.17. The van der Waals surface area contributed by atoms with Gasteiger partial charge in [0.15, 0.2) is 6.29 Å². The summed E-state index contributed by atoms with van der Waals surface area (Å²) >= 11 is 0. The Morgan fingerprint density at radius 1 is 1.18 bits per heavy atom. The van der Waals surface area contributed by atoms with Crippen molar-refractivity contribution in [3.05, 3.63) is 0 Å². The monoisotopic (exact) mass is 164 g/mol. The van der Waals surface area contributed by atoms with Crippen LogP contribution >= 0.6 is 0 Å². The van der Waals surface area contributed by atoms with Crippen LogP contribution in [0.25, 0.3) is 0 Å². The summed E-state index contributed by atoms with van der Waals surface area (Å²) in [6, 6.07) is 0. The number of rotatable bonds is 7. The Morgan fingerprint density at radius 2 is 1.73 bits per heavy atom. The van der Waals surface area contributed by atoms with E-state index in [0.717, 1.165) is 0 Å². The van der Waals surface area contributed by atoms with Crippen LogP contribution < -0.4 is 0 Å². The van der Waals surface area contributed by atoms with Gasteiger partial charge in [-0.3, -0.25) is 4.39 Å². The Bertz CT molecular complexity index is 72.5. The van der Waals surface area contributed by atoms with Gasteiger partial charge in [-0.25, -0.2) is 0 Å². The normalized spacial score (nSPS) is 10.9. The zero-order chi connectivity index (χ0) is 8.53. The van der Waals surface area contributed by atoms with Crippen molar-refractivity contribution in [2.75, 3.05) is 19.9 Å². The number of hydrogen-bond donors (Lipinski definition) is 0. The van der Waals surface area contributed by atoms with Crippen LogP contribution in [0.3, 0.4) is 0 Å². The Kier molecular flexibility index (Phi) is 7.84. The largest absolute Gasteiger partial charge is 0.353 e. The molecule has 0 rings (SSSR count). The second kappa shape index (κ2) is 7.95. The van der Waals surface area contributed by atoms with Gasteiger partial charge in [0.05, 0.1) is 6.67 Å². The molecule has 0 N–H and O–H groups in total. The number of hydrogen-bond acceptors (Lipinski definition) is 2. The fourth-order valence-corrected chi connectivity index (χ4v) is 0.830. The standard InChI is InChI=1S/C8H17FO2/c1-3-10-8(11-4-2)6-5-7-9/h8H,3-7H2,1-2H3. The number of alkyl halides is 1. The number of halogens is 1. The molecule has 0 bridgehead atoms. The van der Waals surface area contributed by atoms with Crippen LogP contribution in [0.5, 0.6) is 0 Å². The average molecular weight is 164 g/mol. The van der Waals surface area contributed by atoms with Crippen LogP contribution in [0, 0.1) is 0 Å². The molecule has 0 atom stereocenters. The highest BCUT2D eigenvalue weighted by atomic mass is 19.1. The second-order valence-electron chi connectivity index (χ2n) is 2.17. The predicted octanol–water partition coefficient (Wildman–Crippen LogP) is 2.14. The summed E-state index contributed by atoms with van der Waals surface area (Å²) in [4.78, 5) is 0. The van der Waals surface area contributed by atoms with E-state index in [1.54, 1.807) is 0 Å². The molecule has 0 aliphatic carbocycles. The van der Waals surface area contributed by atoms with E-state index in [2.05, 4.69) is 0 Å². The molecule has 0 heterocycles. The zero-order valence-corrected chi connectivity index (χ0v) is 7.31. The zero-order valence-electron chi connectivity index (χ0n) is 7.31. The van der Waals surface area contributed by atoms with Gasteiger partial charge in [0.25, 0.3) is 0 Å². The van der Waals surface area contributed by atoms with Crippen LogP contribution in [-0.2, 0) is 9.47 Å². The van der Waals surface area contributed by atoms with Crippen molar-refractivity contribution in [3.8, 4) is 0 Å². The van der Waals surface area contributed by atoms with Crippen LogP contribution in [0.2, 0.25) is 0 Å². The van der Waals surface area contributed by atoms with Crippen molar-refractivity contribution >= 4 is 0 Å². The first-order chi connectivity index (χ1) is 5.35. The summed E-state index contributed by atoms with van der Waals surface area (Å²) in [6.45, 7) is 4.76. The maximum Gasteiger partial charge on any atom is 0.157 e. The van der Waals surface area contributed by atoms with E-state index in [9.17, 15) is 4.39 Å². The lowest BCUT2D eigenvalue weighted by molar-refractivity contribution is -0.140. The maximum atomic E-state index is 11.7. The van der Waals surface area contributed by atoms with Crippen molar-refractivity contribution in [1.82, 2.24) is 0 Å². The van der Waals surface area contributed by atoms with Crippen LogP contribution in [0.4, 0.5) is 4.39 Å². The first kappa shape index (κ1) is 10.8. The van der Waals surface area contributed by atoms with Gasteiger partial charge in [0.1, 0.15) is 0 Å². The Morgan fingerprint density at radius 3 is 2.09 bits per heavy atom. The third-order valence-electron chi connectivity index (χ3n) is 1.28. The van der Waals surface area contributed by atoms with Gasteiger partial charge in [-0.2, -0.15) is 0 Å². The third kappa shape index (κ3) is 6.26. The van der Waals surface area contributed by atoms with E-state index in [1.807, 2.05) is 13.8 Å². The van der Waals surface area contributed by atoms with Crippen LogP contribution in [0.15, 0.2) is 0 Å².